The van der Waals surface area contributed by atoms with Gasteiger partial charge in [0.05, 0.1) is 5.69 Å². The van der Waals surface area contributed by atoms with Crippen LogP contribution in [0.15, 0.2) is 22.5 Å². The largest absolute Gasteiger partial charge is 0.451 e. The van der Waals surface area contributed by atoms with Gasteiger partial charge in [-0.15, -0.1) is 11.3 Å². The fourth-order valence-corrected chi connectivity index (χ4v) is 2.03. The number of aromatic nitrogens is 2. The van der Waals surface area contributed by atoms with E-state index in [0.29, 0.717) is 0 Å². The van der Waals surface area contributed by atoms with Crippen LogP contribution in [0.2, 0.25) is 0 Å². The maximum atomic E-state index is 4.91. The molecule has 74 valence electrons. The standard InChI is InChI=1S/C10H12N2OS/c1-2-3-4-8-6-14-10(12-8)9-5-13-7-11-9/h5-7H,2-4H2,1H3. The van der Waals surface area contributed by atoms with Crippen molar-refractivity contribution in [2.45, 2.75) is 26.2 Å². The molecule has 0 aromatic carbocycles. The Kier molecular flexibility index (Phi) is 2.93. The molecule has 0 radical (unpaired) electrons. The van der Waals surface area contributed by atoms with E-state index >= 15 is 0 Å². The summed E-state index contributed by atoms with van der Waals surface area (Å²) in [4.78, 5) is 8.55. The second-order valence-electron chi connectivity index (χ2n) is 3.12. The van der Waals surface area contributed by atoms with Gasteiger partial charge in [-0.05, 0) is 12.8 Å². The van der Waals surface area contributed by atoms with Crippen LogP contribution < -0.4 is 0 Å². The summed E-state index contributed by atoms with van der Waals surface area (Å²) in [6.45, 7) is 2.19. The average molecular weight is 208 g/mol. The van der Waals surface area contributed by atoms with E-state index in [-0.39, 0.29) is 0 Å². The summed E-state index contributed by atoms with van der Waals surface area (Å²) >= 11 is 1.62. The number of rotatable bonds is 4. The zero-order valence-corrected chi connectivity index (χ0v) is 8.88. The molecule has 0 fully saturated rings. The zero-order valence-electron chi connectivity index (χ0n) is 8.06. The van der Waals surface area contributed by atoms with Crippen molar-refractivity contribution in [1.29, 1.82) is 0 Å². The van der Waals surface area contributed by atoms with Crippen LogP contribution in [-0.4, -0.2) is 9.97 Å². The van der Waals surface area contributed by atoms with Gasteiger partial charge in [0.1, 0.15) is 17.0 Å². The van der Waals surface area contributed by atoms with Crippen molar-refractivity contribution in [3.63, 3.8) is 0 Å². The first kappa shape index (κ1) is 9.40. The monoisotopic (exact) mass is 208 g/mol. The number of thiazole rings is 1. The lowest BCUT2D eigenvalue weighted by atomic mass is 10.2. The van der Waals surface area contributed by atoms with Crippen LogP contribution in [0.5, 0.6) is 0 Å². The van der Waals surface area contributed by atoms with E-state index in [1.807, 2.05) is 0 Å². The molecule has 14 heavy (non-hydrogen) atoms. The van der Waals surface area contributed by atoms with Crippen LogP contribution >= 0.6 is 11.3 Å². The molecule has 0 atom stereocenters. The summed E-state index contributed by atoms with van der Waals surface area (Å²) in [6.07, 6.45) is 6.52. The minimum Gasteiger partial charge on any atom is -0.451 e. The van der Waals surface area contributed by atoms with Gasteiger partial charge in [0.15, 0.2) is 6.39 Å². The van der Waals surface area contributed by atoms with Crippen molar-refractivity contribution in [1.82, 2.24) is 9.97 Å². The second-order valence-corrected chi connectivity index (χ2v) is 3.98. The molecule has 0 bridgehead atoms. The topological polar surface area (TPSA) is 38.9 Å². The lowest BCUT2D eigenvalue weighted by Gasteiger charge is -1.91. The Morgan fingerprint density at radius 1 is 1.50 bits per heavy atom. The van der Waals surface area contributed by atoms with Gasteiger partial charge in [-0.3, -0.25) is 0 Å². The molecule has 2 aromatic heterocycles. The Morgan fingerprint density at radius 3 is 3.14 bits per heavy atom. The van der Waals surface area contributed by atoms with Crippen LogP contribution in [-0.2, 0) is 6.42 Å². The normalized spacial score (nSPS) is 10.6. The van der Waals surface area contributed by atoms with Crippen LogP contribution in [0.1, 0.15) is 25.5 Å². The first-order valence-corrected chi connectivity index (χ1v) is 5.61. The van der Waals surface area contributed by atoms with E-state index in [0.717, 1.165) is 22.8 Å². The van der Waals surface area contributed by atoms with E-state index in [1.54, 1.807) is 17.6 Å². The highest BCUT2D eigenvalue weighted by atomic mass is 32.1. The first-order chi connectivity index (χ1) is 6.90. The Labute approximate surface area is 86.8 Å². The van der Waals surface area contributed by atoms with Crippen molar-refractivity contribution in [3.05, 3.63) is 23.7 Å². The quantitative estimate of drug-likeness (QED) is 0.774. The minimum absolute atomic E-state index is 0.831. The summed E-state index contributed by atoms with van der Waals surface area (Å²) in [5.41, 5.74) is 1.99. The summed E-state index contributed by atoms with van der Waals surface area (Å²) in [5.74, 6) is 0. The maximum absolute atomic E-state index is 4.91. The molecule has 0 aliphatic carbocycles. The van der Waals surface area contributed by atoms with Crippen LogP contribution in [0.4, 0.5) is 0 Å². The Hall–Kier alpha value is -1.16. The molecule has 0 saturated carbocycles. The molecule has 2 heterocycles. The molecule has 0 saturated heterocycles. The van der Waals surface area contributed by atoms with Gasteiger partial charge in [0.2, 0.25) is 0 Å². The molecule has 0 unspecified atom stereocenters. The van der Waals surface area contributed by atoms with Crippen LogP contribution in [0.3, 0.4) is 0 Å². The van der Waals surface area contributed by atoms with E-state index in [4.69, 9.17) is 4.42 Å². The highest BCUT2D eigenvalue weighted by molar-refractivity contribution is 7.13. The van der Waals surface area contributed by atoms with E-state index in [9.17, 15) is 0 Å². The van der Waals surface area contributed by atoms with Crippen molar-refractivity contribution in [2.75, 3.05) is 0 Å². The Balaban J connectivity index is 2.10. The fraction of sp³-hybridized carbons (Fsp3) is 0.400. The highest BCUT2D eigenvalue weighted by Crippen LogP contribution is 2.22. The number of oxazole rings is 1. The molecule has 2 aromatic rings. The number of hydrogen-bond donors (Lipinski definition) is 0. The van der Waals surface area contributed by atoms with Crippen molar-refractivity contribution < 1.29 is 4.42 Å². The van der Waals surface area contributed by atoms with E-state index in [2.05, 4.69) is 22.3 Å². The van der Waals surface area contributed by atoms with Crippen molar-refractivity contribution >= 4 is 11.3 Å². The molecular formula is C10H12N2OS. The van der Waals surface area contributed by atoms with Gasteiger partial charge in [-0.2, -0.15) is 0 Å². The van der Waals surface area contributed by atoms with Gasteiger partial charge in [0.25, 0.3) is 0 Å². The van der Waals surface area contributed by atoms with Gasteiger partial charge >= 0.3 is 0 Å². The minimum atomic E-state index is 0.831. The molecule has 0 spiro atoms. The van der Waals surface area contributed by atoms with E-state index < -0.39 is 0 Å². The second kappa shape index (κ2) is 4.37. The average Bonchev–Trinajstić information content (AvgIpc) is 2.85. The van der Waals surface area contributed by atoms with Gasteiger partial charge in [-0.25, -0.2) is 9.97 Å². The lowest BCUT2D eigenvalue weighted by molar-refractivity contribution is 0.558. The molecule has 0 aliphatic rings. The van der Waals surface area contributed by atoms with Gasteiger partial charge < -0.3 is 4.42 Å². The van der Waals surface area contributed by atoms with Crippen LogP contribution in [0.25, 0.3) is 10.7 Å². The van der Waals surface area contributed by atoms with Gasteiger partial charge in [0, 0.05) is 5.38 Å². The van der Waals surface area contributed by atoms with Crippen molar-refractivity contribution in [2.24, 2.45) is 0 Å². The smallest absolute Gasteiger partial charge is 0.181 e. The predicted molar refractivity (Wildman–Crippen MR) is 56.2 cm³/mol. The summed E-state index contributed by atoms with van der Waals surface area (Å²) in [6, 6.07) is 0. The Bertz CT molecular complexity index is 380. The van der Waals surface area contributed by atoms with Gasteiger partial charge in [-0.1, -0.05) is 13.3 Å². The summed E-state index contributed by atoms with van der Waals surface area (Å²) < 4.78 is 4.91. The van der Waals surface area contributed by atoms with Crippen LogP contribution in [0, 0.1) is 0 Å². The molecule has 0 aliphatic heterocycles. The first-order valence-electron chi connectivity index (χ1n) is 4.73. The number of aryl methyl sites for hydroxylation is 1. The summed E-state index contributed by atoms with van der Waals surface area (Å²) in [7, 11) is 0. The molecular weight excluding hydrogens is 196 g/mol. The number of hydrogen-bond acceptors (Lipinski definition) is 4. The maximum Gasteiger partial charge on any atom is 0.181 e. The number of unbranched alkanes of at least 4 members (excludes halogenated alkanes) is 1. The lowest BCUT2D eigenvalue weighted by Crippen LogP contribution is -1.84. The predicted octanol–water partition coefficient (Wildman–Crippen LogP) is 3.14. The molecule has 2 rings (SSSR count). The molecule has 3 nitrogen and oxygen atoms in total. The fourth-order valence-electron chi connectivity index (χ4n) is 1.22. The molecule has 0 amide bonds. The zero-order chi connectivity index (χ0) is 9.80. The third kappa shape index (κ3) is 2.01. The van der Waals surface area contributed by atoms with Crippen molar-refractivity contribution in [3.8, 4) is 10.7 Å². The highest BCUT2D eigenvalue weighted by Gasteiger charge is 2.06. The molecule has 4 heteroatoms. The SMILES string of the molecule is CCCCc1csc(-c2cocn2)n1. The summed E-state index contributed by atoms with van der Waals surface area (Å²) in [5, 5.41) is 3.05. The third-order valence-corrected chi connectivity index (χ3v) is 2.90. The molecule has 0 N–H and O–H groups in total. The Morgan fingerprint density at radius 2 is 2.43 bits per heavy atom. The van der Waals surface area contributed by atoms with E-state index in [1.165, 1.54) is 19.2 Å². The third-order valence-electron chi connectivity index (χ3n) is 1.99. The number of nitrogens with zero attached hydrogens (tertiary/aromatic N) is 2.